The van der Waals surface area contributed by atoms with E-state index in [1.165, 1.54) is 0 Å². The van der Waals surface area contributed by atoms with Crippen molar-refractivity contribution in [3.05, 3.63) is 29.3 Å². The maximum atomic E-state index is 12.7. The van der Waals surface area contributed by atoms with Crippen molar-refractivity contribution in [3.63, 3.8) is 0 Å². The van der Waals surface area contributed by atoms with Crippen molar-refractivity contribution in [1.29, 1.82) is 0 Å². The summed E-state index contributed by atoms with van der Waals surface area (Å²) in [4.78, 5) is 14.6. The van der Waals surface area contributed by atoms with Crippen molar-refractivity contribution in [2.75, 3.05) is 31.6 Å². The monoisotopic (exact) mass is 276 g/mol. The number of carbonyl (C=O) groups is 1. The Morgan fingerprint density at radius 2 is 2.30 bits per heavy atom. The molecule has 0 bridgehead atoms. The molecule has 1 unspecified atom stereocenters. The highest BCUT2D eigenvalue weighted by atomic mass is 16.5. The minimum Gasteiger partial charge on any atom is -0.384 e. The topological polar surface area (TPSA) is 41.6 Å². The standard InChI is InChI=1S/C16H24N2O2/c1-4-7-17-15-10-12(2)5-6-14(15)16(19)18-8-9-20-13(3)11-18/h5-6,10,13,17H,4,7-9,11H2,1-3H3. The molecule has 20 heavy (non-hydrogen) atoms. The van der Waals surface area contributed by atoms with Crippen LogP contribution in [0.3, 0.4) is 0 Å². The van der Waals surface area contributed by atoms with E-state index >= 15 is 0 Å². The fourth-order valence-electron chi connectivity index (χ4n) is 2.42. The van der Waals surface area contributed by atoms with Crippen LogP contribution in [0.5, 0.6) is 0 Å². The number of nitrogens with one attached hydrogen (secondary N) is 1. The number of rotatable bonds is 4. The van der Waals surface area contributed by atoms with Crippen LogP contribution in [0.15, 0.2) is 18.2 Å². The lowest BCUT2D eigenvalue weighted by molar-refractivity contribution is -0.0123. The summed E-state index contributed by atoms with van der Waals surface area (Å²) in [6.45, 7) is 9.00. The number of aryl methyl sites for hydroxylation is 1. The van der Waals surface area contributed by atoms with Gasteiger partial charge in [-0.3, -0.25) is 4.79 Å². The van der Waals surface area contributed by atoms with Gasteiger partial charge in [0.25, 0.3) is 5.91 Å². The van der Waals surface area contributed by atoms with E-state index in [1.54, 1.807) is 0 Å². The third-order valence-electron chi connectivity index (χ3n) is 3.50. The lowest BCUT2D eigenvalue weighted by Crippen LogP contribution is -2.44. The van der Waals surface area contributed by atoms with Gasteiger partial charge in [0.05, 0.1) is 18.3 Å². The van der Waals surface area contributed by atoms with E-state index < -0.39 is 0 Å². The third kappa shape index (κ3) is 3.51. The first kappa shape index (κ1) is 14.9. The molecule has 0 saturated carbocycles. The fraction of sp³-hybridized carbons (Fsp3) is 0.562. The van der Waals surface area contributed by atoms with Gasteiger partial charge in [0.15, 0.2) is 0 Å². The quantitative estimate of drug-likeness (QED) is 0.919. The van der Waals surface area contributed by atoms with E-state index in [4.69, 9.17) is 4.74 Å². The van der Waals surface area contributed by atoms with Crippen molar-refractivity contribution in [3.8, 4) is 0 Å². The number of hydrogen-bond donors (Lipinski definition) is 1. The number of morpholine rings is 1. The molecule has 0 aromatic heterocycles. The zero-order valence-electron chi connectivity index (χ0n) is 12.6. The van der Waals surface area contributed by atoms with Crippen LogP contribution in [-0.4, -0.2) is 43.2 Å². The first-order valence-electron chi connectivity index (χ1n) is 7.37. The highest BCUT2D eigenvalue weighted by Crippen LogP contribution is 2.21. The van der Waals surface area contributed by atoms with Crippen LogP contribution in [0.2, 0.25) is 0 Å². The molecule has 1 N–H and O–H groups in total. The highest BCUT2D eigenvalue weighted by molar-refractivity contribution is 5.99. The van der Waals surface area contributed by atoms with E-state index in [-0.39, 0.29) is 12.0 Å². The molecule has 1 atom stereocenters. The van der Waals surface area contributed by atoms with Gasteiger partial charge in [0.2, 0.25) is 0 Å². The smallest absolute Gasteiger partial charge is 0.256 e. The average Bonchev–Trinajstić information content (AvgIpc) is 2.44. The van der Waals surface area contributed by atoms with Crippen LogP contribution in [0.4, 0.5) is 5.69 Å². The van der Waals surface area contributed by atoms with Gasteiger partial charge < -0.3 is 15.0 Å². The third-order valence-corrected chi connectivity index (χ3v) is 3.50. The van der Waals surface area contributed by atoms with Crippen LogP contribution >= 0.6 is 0 Å². The van der Waals surface area contributed by atoms with Crippen LogP contribution in [0.1, 0.15) is 36.2 Å². The minimum absolute atomic E-state index is 0.0961. The Hall–Kier alpha value is -1.55. The lowest BCUT2D eigenvalue weighted by Gasteiger charge is -2.31. The molecule has 1 saturated heterocycles. The van der Waals surface area contributed by atoms with Crippen LogP contribution < -0.4 is 5.32 Å². The lowest BCUT2D eigenvalue weighted by atomic mass is 10.1. The normalized spacial score (nSPS) is 18.9. The second kappa shape index (κ2) is 6.75. The number of ether oxygens (including phenoxy) is 1. The summed E-state index contributed by atoms with van der Waals surface area (Å²) in [7, 11) is 0. The molecule has 0 radical (unpaired) electrons. The maximum absolute atomic E-state index is 12.7. The van der Waals surface area contributed by atoms with Crippen LogP contribution in [0, 0.1) is 6.92 Å². The van der Waals surface area contributed by atoms with Crippen LogP contribution in [-0.2, 0) is 4.74 Å². The number of hydrogen-bond acceptors (Lipinski definition) is 3. The number of benzene rings is 1. The Bertz CT molecular complexity index is 474. The SMILES string of the molecule is CCCNc1cc(C)ccc1C(=O)N1CCOC(C)C1. The molecule has 4 nitrogen and oxygen atoms in total. The van der Waals surface area contributed by atoms with Gasteiger partial charge in [0.1, 0.15) is 0 Å². The molecule has 1 amide bonds. The van der Waals surface area contributed by atoms with Crippen molar-refractivity contribution in [2.45, 2.75) is 33.3 Å². The molecule has 1 heterocycles. The Morgan fingerprint density at radius 1 is 1.50 bits per heavy atom. The van der Waals surface area contributed by atoms with Crippen LogP contribution in [0.25, 0.3) is 0 Å². The Kier molecular flexibility index (Phi) is 5.01. The number of carbonyl (C=O) groups excluding carboxylic acids is 1. The molecule has 1 aliphatic rings. The maximum Gasteiger partial charge on any atom is 0.256 e. The summed E-state index contributed by atoms with van der Waals surface area (Å²) >= 11 is 0. The van der Waals surface area contributed by atoms with Gasteiger partial charge in [-0.25, -0.2) is 0 Å². The van der Waals surface area contributed by atoms with Crippen molar-refractivity contribution >= 4 is 11.6 Å². The minimum atomic E-state index is 0.0961. The van der Waals surface area contributed by atoms with Gasteiger partial charge in [-0.15, -0.1) is 0 Å². The van der Waals surface area contributed by atoms with Crippen molar-refractivity contribution in [2.24, 2.45) is 0 Å². The number of anilines is 1. The Morgan fingerprint density at radius 3 is 3.00 bits per heavy atom. The summed E-state index contributed by atoms with van der Waals surface area (Å²) in [5.74, 6) is 0.0961. The highest BCUT2D eigenvalue weighted by Gasteiger charge is 2.24. The molecule has 1 aliphatic heterocycles. The van der Waals surface area contributed by atoms with Gasteiger partial charge >= 0.3 is 0 Å². The molecular formula is C16H24N2O2. The molecule has 0 spiro atoms. The summed E-state index contributed by atoms with van der Waals surface area (Å²) in [5.41, 5.74) is 2.87. The van der Waals surface area contributed by atoms with Gasteiger partial charge in [-0.2, -0.15) is 0 Å². The first-order chi connectivity index (χ1) is 9.61. The van der Waals surface area contributed by atoms with Gasteiger partial charge in [-0.1, -0.05) is 13.0 Å². The zero-order chi connectivity index (χ0) is 14.5. The second-order valence-corrected chi connectivity index (χ2v) is 5.41. The molecule has 1 fully saturated rings. The summed E-state index contributed by atoms with van der Waals surface area (Å²) < 4.78 is 5.50. The predicted molar refractivity (Wildman–Crippen MR) is 81.3 cm³/mol. The Labute approximate surface area is 121 Å². The molecule has 1 aromatic rings. The average molecular weight is 276 g/mol. The predicted octanol–water partition coefficient (Wildman–Crippen LogP) is 2.68. The van der Waals surface area contributed by atoms with E-state index in [1.807, 2.05) is 36.9 Å². The second-order valence-electron chi connectivity index (χ2n) is 5.41. The van der Waals surface area contributed by atoms with Gasteiger partial charge in [-0.05, 0) is 38.0 Å². The van der Waals surface area contributed by atoms with Crippen molar-refractivity contribution < 1.29 is 9.53 Å². The molecule has 0 aliphatic carbocycles. The largest absolute Gasteiger partial charge is 0.384 e. The van der Waals surface area contributed by atoms with E-state index in [0.29, 0.717) is 19.7 Å². The zero-order valence-corrected chi connectivity index (χ0v) is 12.6. The number of amides is 1. The van der Waals surface area contributed by atoms with E-state index in [0.717, 1.165) is 29.8 Å². The molecule has 1 aromatic carbocycles. The summed E-state index contributed by atoms with van der Waals surface area (Å²) in [6, 6.07) is 5.97. The molecular weight excluding hydrogens is 252 g/mol. The van der Waals surface area contributed by atoms with E-state index in [2.05, 4.69) is 12.2 Å². The first-order valence-corrected chi connectivity index (χ1v) is 7.37. The molecule has 110 valence electrons. The molecule has 2 rings (SSSR count). The Balaban J connectivity index is 2.19. The van der Waals surface area contributed by atoms with Crippen molar-refractivity contribution in [1.82, 2.24) is 4.90 Å². The summed E-state index contributed by atoms with van der Waals surface area (Å²) in [6.07, 6.45) is 1.15. The van der Waals surface area contributed by atoms with Gasteiger partial charge in [0, 0.05) is 25.3 Å². The molecule has 4 heteroatoms. The number of nitrogens with zero attached hydrogens (tertiary/aromatic N) is 1. The van der Waals surface area contributed by atoms with E-state index in [9.17, 15) is 4.79 Å². The fourth-order valence-corrected chi connectivity index (χ4v) is 2.42. The summed E-state index contributed by atoms with van der Waals surface area (Å²) in [5, 5.41) is 3.36.